The predicted octanol–water partition coefficient (Wildman–Crippen LogP) is 0.835. The van der Waals surface area contributed by atoms with Gasteiger partial charge in [0.05, 0.1) is 0 Å². The van der Waals surface area contributed by atoms with Crippen molar-refractivity contribution in [1.29, 1.82) is 0 Å². The summed E-state index contributed by atoms with van der Waals surface area (Å²) in [6.07, 6.45) is 2.28. The highest BCUT2D eigenvalue weighted by atomic mass is 16.5. The van der Waals surface area contributed by atoms with E-state index in [4.69, 9.17) is 10.5 Å². The minimum Gasteiger partial charge on any atom is -0.381 e. The van der Waals surface area contributed by atoms with E-state index in [0.717, 1.165) is 26.1 Å². The third kappa shape index (κ3) is 2.66. The zero-order valence-corrected chi connectivity index (χ0v) is 9.05. The standard InChI is InChI=1S/C10H22N2O/c1-10(2,8-11)12(3)9-4-6-13-7-5-9/h9H,4-8,11H2,1-3H3. The Morgan fingerprint density at radius 3 is 2.38 bits per heavy atom. The summed E-state index contributed by atoms with van der Waals surface area (Å²) in [6, 6.07) is 0.646. The zero-order chi connectivity index (χ0) is 9.90. The lowest BCUT2D eigenvalue weighted by Crippen LogP contribution is -2.53. The maximum atomic E-state index is 5.74. The third-order valence-corrected chi connectivity index (χ3v) is 3.19. The molecular weight excluding hydrogens is 164 g/mol. The van der Waals surface area contributed by atoms with Crippen molar-refractivity contribution in [3.05, 3.63) is 0 Å². The number of likely N-dealkylation sites (N-methyl/N-ethyl adjacent to an activating group) is 1. The molecule has 2 N–H and O–H groups in total. The minimum absolute atomic E-state index is 0.113. The van der Waals surface area contributed by atoms with Gasteiger partial charge in [-0.2, -0.15) is 0 Å². The van der Waals surface area contributed by atoms with E-state index in [-0.39, 0.29) is 5.54 Å². The molecule has 1 rings (SSSR count). The average Bonchev–Trinajstić information content (AvgIpc) is 2.18. The van der Waals surface area contributed by atoms with E-state index in [1.165, 1.54) is 0 Å². The van der Waals surface area contributed by atoms with Crippen LogP contribution in [-0.2, 0) is 4.74 Å². The maximum absolute atomic E-state index is 5.74. The highest BCUT2D eigenvalue weighted by molar-refractivity contribution is 4.86. The van der Waals surface area contributed by atoms with Crippen LogP contribution in [-0.4, -0.2) is 43.3 Å². The first-order valence-corrected chi connectivity index (χ1v) is 5.08. The highest BCUT2D eigenvalue weighted by Gasteiger charge is 2.29. The van der Waals surface area contributed by atoms with Gasteiger partial charge in [0, 0.05) is 31.3 Å². The Labute approximate surface area is 81.2 Å². The first-order chi connectivity index (χ1) is 6.08. The number of hydrogen-bond acceptors (Lipinski definition) is 3. The van der Waals surface area contributed by atoms with Crippen molar-refractivity contribution in [2.24, 2.45) is 5.73 Å². The van der Waals surface area contributed by atoms with Crippen molar-refractivity contribution >= 4 is 0 Å². The molecule has 0 saturated carbocycles. The van der Waals surface area contributed by atoms with Crippen LogP contribution in [0.1, 0.15) is 26.7 Å². The summed E-state index contributed by atoms with van der Waals surface area (Å²) < 4.78 is 5.34. The number of nitrogens with zero attached hydrogens (tertiary/aromatic N) is 1. The molecule has 0 amide bonds. The van der Waals surface area contributed by atoms with Crippen LogP contribution in [0.5, 0.6) is 0 Å². The van der Waals surface area contributed by atoms with Crippen LogP contribution in [0.2, 0.25) is 0 Å². The molecule has 0 bridgehead atoms. The van der Waals surface area contributed by atoms with E-state index >= 15 is 0 Å². The van der Waals surface area contributed by atoms with Gasteiger partial charge in [-0.25, -0.2) is 0 Å². The van der Waals surface area contributed by atoms with Crippen molar-refractivity contribution in [2.75, 3.05) is 26.8 Å². The van der Waals surface area contributed by atoms with Gasteiger partial charge >= 0.3 is 0 Å². The first kappa shape index (κ1) is 11.0. The van der Waals surface area contributed by atoms with Crippen LogP contribution >= 0.6 is 0 Å². The predicted molar refractivity (Wildman–Crippen MR) is 54.7 cm³/mol. The van der Waals surface area contributed by atoms with E-state index in [1.807, 2.05) is 0 Å². The molecule has 0 unspecified atom stereocenters. The molecule has 13 heavy (non-hydrogen) atoms. The topological polar surface area (TPSA) is 38.5 Å². The lowest BCUT2D eigenvalue weighted by Gasteiger charge is -2.42. The Kier molecular flexibility index (Phi) is 3.71. The fourth-order valence-corrected chi connectivity index (χ4v) is 1.71. The number of ether oxygens (including phenoxy) is 1. The zero-order valence-electron chi connectivity index (χ0n) is 9.05. The fourth-order valence-electron chi connectivity index (χ4n) is 1.71. The molecule has 0 aromatic heterocycles. The molecule has 3 heteroatoms. The van der Waals surface area contributed by atoms with Crippen LogP contribution in [0.25, 0.3) is 0 Å². The van der Waals surface area contributed by atoms with Crippen molar-refractivity contribution in [3.63, 3.8) is 0 Å². The van der Waals surface area contributed by atoms with E-state index < -0.39 is 0 Å². The molecule has 0 radical (unpaired) electrons. The molecule has 1 heterocycles. The molecule has 1 fully saturated rings. The number of nitrogens with two attached hydrogens (primary N) is 1. The summed E-state index contributed by atoms with van der Waals surface area (Å²) in [5.74, 6) is 0. The largest absolute Gasteiger partial charge is 0.381 e. The van der Waals surface area contributed by atoms with Crippen LogP contribution < -0.4 is 5.73 Å². The van der Waals surface area contributed by atoms with Crippen LogP contribution in [0.15, 0.2) is 0 Å². The van der Waals surface area contributed by atoms with E-state index in [1.54, 1.807) is 0 Å². The second kappa shape index (κ2) is 4.40. The second-order valence-corrected chi connectivity index (χ2v) is 4.47. The van der Waals surface area contributed by atoms with Crippen molar-refractivity contribution < 1.29 is 4.74 Å². The van der Waals surface area contributed by atoms with E-state index in [0.29, 0.717) is 12.6 Å². The summed E-state index contributed by atoms with van der Waals surface area (Å²) in [6.45, 7) is 6.90. The normalized spacial score (nSPS) is 21.0. The molecule has 1 saturated heterocycles. The summed E-state index contributed by atoms with van der Waals surface area (Å²) in [5, 5.41) is 0. The molecule has 0 atom stereocenters. The van der Waals surface area contributed by atoms with Crippen LogP contribution in [0.4, 0.5) is 0 Å². The van der Waals surface area contributed by atoms with Crippen LogP contribution in [0.3, 0.4) is 0 Å². The van der Waals surface area contributed by atoms with Crippen molar-refractivity contribution in [1.82, 2.24) is 4.90 Å². The van der Waals surface area contributed by atoms with Crippen LogP contribution in [0, 0.1) is 0 Å². The summed E-state index contributed by atoms with van der Waals surface area (Å²) in [7, 11) is 2.17. The van der Waals surface area contributed by atoms with Gasteiger partial charge < -0.3 is 10.5 Å². The first-order valence-electron chi connectivity index (χ1n) is 5.08. The molecule has 1 aliphatic rings. The van der Waals surface area contributed by atoms with Crippen molar-refractivity contribution in [3.8, 4) is 0 Å². The molecule has 3 nitrogen and oxygen atoms in total. The van der Waals surface area contributed by atoms with E-state index in [2.05, 4.69) is 25.8 Å². The molecule has 78 valence electrons. The Bertz CT molecular complexity index is 153. The van der Waals surface area contributed by atoms with Gasteiger partial charge in [0.15, 0.2) is 0 Å². The molecule has 0 spiro atoms. The summed E-state index contributed by atoms with van der Waals surface area (Å²) in [4.78, 5) is 2.40. The molecular formula is C10H22N2O. The maximum Gasteiger partial charge on any atom is 0.0480 e. The fraction of sp³-hybridized carbons (Fsp3) is 1.00. The molecule has 0 aromatic rings. The van der Waals surface area contributed by atoms with Crippen molar-refractivity contribution in [2.45, 2.75) is 38.3 Å². The number of rotatable bonds is 3. The van der Waals surface area contributed by atoms with Gasteiger partial charge in [0.25, 0.3) is 0 Å². The summed E-state index contributed by atoms with van der Waals surface area (Å²) in [5.41, 5.74) is 5.85. The van der Waals surface area contributed by atoms with Gasteiger partial charge in [-0.3, -0.25) is 4.90 Å². The van der Waals surface area contributed by atoms with Gasteiger partial charge in [-0.1, -0.05) is 0 Å². The molecule has 0 aliphatic carbocycles. The Morgan fingerprint density at radius 1 is 1.38 bits per heavy atom. The average molecular weight is 186 g/mol. The SMILES string of the molecule is CN(C1CCOCC1)C(C)(C)CN. The lowest BCUT2D eigenvalue weighted by molar-refractivity contribution is 0.00956. The highest BCUT2D eigenvalue weighted by Crippen LogP contribution is 2.20. The monoisotopic (exact) mass is 186 g/mol. The molecule has 0 aromatic carbocycles. The Hall–Kier alpha value is -0.120. The van der Waals surface area contributed by atoms with E-state index in [9.17, 15) is 0 Å². The van der Waals surface area contributed by atoms with Gasteiger partial charge in [0.2, 0.25) is 0 Å². The lowest BCUT2D eigenvalue weighted by atomic mass is 9.98. The van der Waals surface area contributed by atoms with Gasteiger partial charge in [0.1, 0.15) is 0 Å². The Morgan fingerprint density at radius 2 is 1.92 bits per heavy atom. The second-order valence-electron chi connectivity index (χ2n) is 4.47. The quantitative estimate of drug-likeness (QED) is 0.709. The Balaban J connectivity index is 2.49. The minimum atomic E-state index is 0.113. The molecule has 1 aliphatic heterocycles. The summed E-state index contributed by atoms with van der Waals surface area (Å²) >= 11 is 0. The third-order valence-electron chi connectivity index (χ3n) is 3.19. The van der Waals surface area contributed by atoms with Gasteiger partial charge in [-0.15, -0.1) is 0 Å². The smallest absolute Gasteiger partial charge is 0.0480 e. The number of hydrogen-bond donors (Lipinski definition) is 1. The van der Waals surface area contributed by atoms with Gasteiger partial charge in [-0.05, 0) is 33.7 Å².